The summed E-state index contributed by atoms with van der Waals surface area (Å²) in [7, 11) is 0. The predicted molar refractivity (Wildman–Crippen MR) is 67.5 cm³/mol. The summed E-state index contributed by atoms with van der Waals surface area (Å²) in [5, 5.41) is 2.87. The summed E-state index contributed by atoms with van der Waals surface area (Å²) in [6, 6.07) is 4.12. The molecule has 0 saturated heterocycles. The van der Waals surface area contributed by atoms with Crippen LogP contribution in [0.1, 0.15) is 26.2 Å². The van der Waals surface area contributed by atoms with E-state index in [0.717, 1.165) is 6.42 Å². The lowest BCUT2D eigenvalue weighted by Gasteiger charge is -2.07. The van der Waals surface area contributed by atoms with Gasteiger partial charge in [-0.1, -0.05) is 11.6 Å². The fourth-order valence-electron chi connectivity index (χ4n) is 1.39. The topological polar surface area (TPSA) is 55.1 Å². The van der Waals surface area contributed by atoms with Crippen molar-refractivity contribution in [3.05, 3.63) is 29.0 Å². The van der Waals surface area contributed by atoms with Gasteiger partial charge in [0.25, 0.3) is 0 Å². The molecule has 1 amide bonds. The molecule has 0 spiro atoms. The fourth-order valence-corrected chi connectivity index (χ4v) is 1.56. The fraction of sp³-hybridized carbons (Fsp3) is 0.417. The summed E-state index contributed by atoms with van der Waals surface area (Å²) in [4.78, 5) is 11.5. The van der Waals surface area contributed by atoms with E-state index in [9.17, 15) is 9.18 Å². The highest BCUT2D eigenvalue weighted by Crippen LogP contribution is 2.19. The van der Waals surface area contributed by atoms with Gasteiger partial charge < -0.3 is 11.1 Å². The Bertz CT molecular complexity index is 396. The zero-order valence-corrected chi connectivity index (χ0v) is 10.4. The van der Waals surface area contributed by atoms with Crippen LogP contribution in [-0.4, -0.2) is 11.9 Å². The first-order valence-electron chi connectivity index (χ1n) is 5.49. The smallest absolute Gasteiger partial charge is 0.224 e. The minimum Gasteiger partial charge on any atom is -0.328 e. The van der Waals surface area contributed by atoms with E-state index in [-0.39, 0.29) is 17.6 Å². The van der Waals surface area contributed by atoms with Gasteiger partial charge in [0.2, 0.25) is 5.91 Å². The quantitative estimate of drug-likeness (QED) is 0.853. The first-order valence-corrected chi connectivity index (χ1v) is 5.87. The van der Waals surface area contributed by atoms with Crippen molar-refractivity contribution >= 4 is 23.2 Å². The third-order valence-electron chi connectivity index (χ3n) is 2.27. The minimum absolute atomic E-state index is 0.0747. The van der Waals surface area contributed by atoms with Gasteiger partial charge in [0, 0.05) is 17.5 Å². The van der Waals surface area contributed by atoms with Crippen LogP contribution >= 0.6 is 11.6 Å². The van der Waals surface area contributed by atoms with Crippen molar-refractivity contribution in [2.75, 3.05) is 5.32 Å². The molecule has 0 fully saturated rings. The molecular weight excluding hydrogens is 243 g/mol. The molecule has 0 radical (unpaired) electrons. The van der Waals surface area contributed by atoms with E-state index in [4.69, 9.17) is 17.3 Å². The number of anilines is 1. The Labute approximate surface area is 105 Å². The SMILES string of the molecule is CC(N)CCCC(=O)Nc1cc(Cl)ccc1F. The Morgan fingerprint density at radius 1 is 1.59 bits per heavy atom. The van der Waals surface area contributed by atoms with Gasteiger partial charge in [0.1, 0.15) is 5.82 Å². The summed E-state index contributed by atoms with van der Waals surface area (Å²) in [5.41, 5.74) is 5.68. The summed E-state index contributed by atoms with van der Waals surface area (Å²) < 4.78 is 13.3. The van der Waals surface area contributed by atoms with Crippen molar-refractivity contribution in [3.63, 3.8) is 0 Å². The van der Waals surface area contributed by atoms with Crippen LogP contribution in [0.15, 0.2) is 18.2 Å². The largest absolute Gasteiger partial charge is 0.328 e. The van der Waals surface area contributed by atoms with Gasteiger partial charge in [-0.15, -0.1) is 0 Å². The predicted octanol–water partition coefficient (Wildman–Crippen LogP) is 2.94. The molecular formula is C12H16ClFN2O. The van der Waals surface area contributed by atoms with Crippen molar-refractivity contribution in [2.24, 2.45) is 5.73 Å². The maximum atomic E-state index is 13.3. The van der Waals surface area contributed by atoms with Crippen molar-refractivity contribution in [1.82, 2.24) is 0 Å². The van der Waals surface area contributed by atoms with E-state index in [1.54, 1.807) is 0 Å². The maximum Gasteiger partial charge on any atom is 0.224 e. The highest BCUT2D eigenvalue weighted by Gasteiger charge is 2.07. The molecule has 0 saturated carbocycles. The number of carbonyl (C=O) groups is 1. The van der Waals surface area contributed by atoms with Crippen molar-refractivity contribution in [3.8, 4) is 0 Å². The van der Waals surface area contributed by atoms with Crippen LogP contribution in [0.4, 0.5) is 10.1 Å². The van der Waals surface area contributed by atoms with Crippen molar-refractivity contribution in [2.45, 2.75) is 32.2 Å². The van der Waals surface area contributed by atoms with Gasteiger partial charge in [-0.3, -0.25) is 4.79 Å². The number of nitrogens with two attached hydrogens (primary N) is 1. The number of carbonyl (C=O) groups excluding carboxylic acids is 1. The third kappa shape index (κ3) is 5.15. The Hall–Kier alpha value is -1.13. The average Bonchev–Trinajstić information content (AvgIpc) is 2.23. The van der Waals surface area contributed by atoms with E-state index < -0.39 is 5.82 Å². The molecule has 1 rings (SSSR count). The first kappa shape index (κ1) is 13.9. The molecule has 0 heterocycles. The van der Waals surface area contributed by atoms with Crippen molar-refractivity contribution in [1.29, 1.82) is 0 Å². The molecule has 3 N–H and O–H groups in total. The van der Waals surface area contributed by atoms with E-state index in [2.05, 4.69) is 5.32 Å². The summed E-state index contributed by atoms with van der Waals surface area (Å²) in [6.45, 7) is 1.88. The van der Waals surface area contributed by atoms with E-state index in [0.29, 0.717) is 17.9 Å². The first-order chi connectivity index (χ1) is 7.99. The lowest BCUT2D eigenvalue weighted by atomic mass is 10.1. The normalized spacial score (nSPS) is 12.2. The highest BCUT2D eigenvalue weighted by atomic mass is 35.5. The Morgan fingerprint density at radius 2 is 2.29 bits per heavy atom. The van der Waals surface area contributed by atoms with Crippen LogP contribution in [0.5, 0.6) is 0 Å². The van der Waals surface area contributed by atoms with Gasteiger partial charge in [0.05, 0.1) is 5.69 Å². The summed E-state index contributed by atoms with van der Waals surface area (Å²) in [5.74, 6) is -0.721. The van der Waals surface area contributed by atoms with E-state index >= 15 is 0 Å². The Kier molecular flexibility index (Phi) is 5.38. The van der Waals surface area contributed by atoms with Gasteiger partial charge in [-0.2, -0.15) is 0 Å². The molecule has 0 aliphatic heterocycles. The zero-order valence-electron chi connectivity index (χ0n) is 9.67. The molecule has 0 aliphatic carbocycles. The second-order valence-electron chi connectivity index (χ2n) is 4.04. The molecule has 5 heteroatoms. The lowest BCUT2D eigenvalue weighted by Crippen LogP contribution is -2.17. The van der Waals surface area contributed by atoms with Gasteiger partial charge in [-0.25, -0.2) is 4.39 Å². The number of halogens is 2. The molecule has 94 valence electrons. The zero-order chi connectivity index (χ0) is 12.8. The maximum absolute atomic E-state index is 13.3. The molecule has 1 unspecified atom stereocenters. The molecule has 1 aromatic rings. The lowest BCUT2D eigenvalue weighted by molar-refractivity contribution is -0.116. The number of hydrogen-bond donors (Lipinski definition) is 2. The van der Waals surface area contributed by atoms with E-state index in [1.807, 2.05) is 6.92 Å². The summed E-state index contributed by atoms with van der Waals surface area (Å²) >= 11 is 5.71. The molecule has 17 heavy (non-hydrogen) atoms. The van der Waals surface area contributed by atoms with Gasteiger partial charge in [-0.05, 0) is 38.0 Å². The van der Waals surface area contributed by atoms with E-state index in [1.165, 1.54) is 18.2 Å². The van der Waals surface area contributed by atoms with Crippen molar-refractivity contribution < 1.29 is 9.18 Å². The Morgan fingerprint density at radius 3 is 2.94 bits per heavy atom. The highest BCUT2D eigenvalue weighted by molar-refractivity contribution is 6.30. The van der Waals surface area contributed by atoms with Gasteiger partial charge >= 0.3 is 0 Å². The van der Waals surface area contributed by atoms with Crippen LogP contribution in [-0.2, 0) is 4.79 Å². The second-order valence-corrected chi connectivity index (χ2v) is 4.48. The van der Waals surface area contributed by atoms with Gasteiger partial charge in [0.15, 0.2) is 0 Å². The number of rotatable bonds is 5. The van der Waals surface area contributed by atoms with Crippen LogP contribution in [0.2, 0.25) is 5.02 Å². The van der Waals surface area contributed by atoms with Crippen LogP contribution in [0.3, 0.4) is 0 Å². The molecule has 0 bridgehead atoms. The standard InChI is InChI=1S/C12H16ClFN2O/c1-8(15)3-2-4-12(17)16-11-7-9(13)5-6-10(11)14/h5-8H,2-4,15H2,1H3,(H,16,17). The molecule has 1 aromatic carbocycles. The molecule has 0 aromatic heterocycles. The number of benzene rings is 1. The number of nitrogens with one attached hydrogen (secondary N) is 1. The molecule has 1 atom stereocenters. The number of amides is 1. The monoisotopic (exact) mass is 258 g/mol. The van der Waals surface area contributed by atoms with Crippen LogP contribution in [0, 0.1) is 5.82 Å². The molecule has 0 aliphatic rings. The Balaban J connectivity index is 2.47. The third-order valence-corrected chi connectivity index (χ3v) is 2.50. The minimum atomic E-state index is -0.491. The average molecular weight is 259 g/mol. The number of hydrogen-bond acceptors (Lipinski definition) is 2. The summed E-state index contributed by atoms with van der Waals surface area (Å²) in [6.07, 6.45) is 1.78. The van der Waals surface area contributed by atoms with Crippen LogP contribution < -0.4 is 11.1 Å². The molecule has 3 nitrogen and oxygen atoms in total. The van der Waals surface area contributed by atoms with Crippen LogP contribution in [0.25, 0.3) is 0 Å². The second kappa shape index (κ2) is 6.57.